The van der Waals surface area contributed by atoms with E-state index in [0.29, 0.717) is 66.4 Å². The molecule has 1 aliphatic carbocycles. The lowest BCUT2D eigenvalue weighted by molar-refractivity contribution is 0.0729. The molecule has 4 aromatic rings. The summed E-state index contributed by atoms with van der Waals surface area (Å²) in [6, 6.07) is 5.89. The lowest BCUT2D eigenvalue weighted by Crippen LogP contribution is -2.43. The van der Waals surface area contributed by atoms with Gasteiger partial charge < -0.3 is 24.2 Å². The number of carbonyl (C=O) groups excluding carboxylic acids is 1. The zero-order chi connectivity index (χ0) is 35.6. The SMILES string of the molecule is CCc1c(F)ccc2cc(OC(=O)OC(C)C)cc(-c3ncc4c(N5C[C@@H]6C[C@H](C5)[C@H](O)C6)nc(OC[C@@]56CCCN5C[C@H](F)C6)nc4c3F)c12. The highest BCUT2D eigenvalue weighted by Gasteiger charge is 2.49. The van der Waals surface area contributed by atoms with Crippen LogP contribution in [0.25, 0.3) is 32.9 Å². The van der Waals surface area contributed by atoms with Crippen LogP contribution in [0.3, 0.4) is 0 Å². The molecule has 13 heteroatoms. The Balaban J connectivity index is 1.26. The van der Waals surface area contributed by atoms with Crippen LogP contribution < -0.4 is 14.4 Å². The van der Waals surface area contributed by atoms with Gasteiger partial charge >= 0.3 is 12.2 Å². The number of aliphatic hydroxyl groups is 1. The van der Waals surface area contributed by atoms with Crippen molar-refractivity contribution in [3.05, 3.63) is 47.7 Å². The van der Waals surface area contributed by atoms with Crippen LogP contribution in [0.1, 0.15) is 58.4 Å². The number of pyridine rings is 1. The molecule has 0 amide bonds. The van der Waals surface area contributed by atoms with Crippen LogP contribution in [0.4, 0.5) is 23.8 Å². The van der Waals surface area contributed by atoms with E-state index in [9.17, 15) is 14.3 Å². The molecule has 5 atom stereocenters. The number of fused-ring (bicyclic) bond motifs is 5. The average molecular weight is 706 g/mol. The first-order valence-corrected chi connectivity index (χ1v) is 18.0. The summed E-state index contributed by atoms with van der Waals surface area (Å²) >= 11 is 0. The number of benzene rings is 2. The molecular formula is C38H42F3N5O5. The second kappa shape index (κ2) is 13.1. The van der Waals surface area contributed by atoms with Gasteiger partial charge in [-0.2, -0.15) is 9.97 Å². The third kappa shape index (κ3) is 6.11. The number of anilines is 1. The minimum Gasteiger partial charge on any atom is -0.461 e. The molecule has 2 aromatic heterocycles. The zero-order valence-electron chi connectivity index (χ0n) is 29.0. The number of alkyl halides is 1. The Morgan fingerprint density at radius 2 is 1.98 bits per heavy atom. The first-order valence-electron chi connectivity index (χ1n) is 18.0. The molecule has 0 unspecified atom stereocenters. The summed E-state index contributed by atoms with van der Waals surface area (Å²) in [5, 5.41) is 12.0. The van der Waals surface area contributed by atoms with Crippen LogP contribution in [0.2, 0.25) is 0 Å². The van der Waals surface area contributed by atoms with Crippen LogP contribution in [0, 0.1) is 23.5 Å². The lowest BCUT2D eigenvalue weighted by Gasteiger charge is -2.34. The molecule has 1 N–H and O–H groups in total. The molecule has 8 rings (SSSR count). The van der Waals surface area contributed by atoms with E-state index in [0.717, 1.165) is 25.8 Å². The van der Waals surface area contributed by atoms with Gasteiger partial charge in [-0.3, -0.25) is 9.88 Å². The number of hydrogen-bond donors (Lipinski definition) is 1. The fourth-order valence-electron chi connectivity index (χ4n) is 8.96. The Morgan fingerprint density at radius 3 is 2.76 bits per heavy atom. The molecule has 4 fully saturated rings. The molecule has 270 valence electrons. The van der Waals surface area contributed by atoms with E-state index in [4.69, 9.17) is 19.2 Å². The normalized spacial score (nSPS) is 26.0. The maximum Gasteiger partial charge on any atom is 0.514 e. The quantitative estimate of drug-likeness (QED) is 0.156. The number of hydrogen-bond acceptors (Lipinski definition) is 10. The molecule has 0 radical (unpaired) electrons. The number of rotatable bonds is 8. The number of ether oxygens (including phenoxy) is 3. The highest BCUT2D eigenvalue weighted by atomic mass is 19.1. The number of aliphatic hydroxyl groups excluding tert-OH is 1. The number of nitrogens with zero attached hydrogens (tertiary/aromatic N) is 5. The Bertz CT molecular complexity index is 2010. The van der Waals surface area contributed by atoms with E-state index in [1.807, 2.05) is 6.92 Å². The average Bonchev–Trinajstić information content (AvgIpc) is 3.70. The predicted molar refractivity (Wildman–Crippen MR) is 185 cm³/mol. The molecule has 0 spiro atoms. The summed E-state index contributed by atoms with van der Waals surface area (Å²) < 4.78 is 64.0. The molecule has 5 heterocycles. The van der Waals surface area contributed by atoms with Crippen molar-refractivity contribution in [2.75, 3.05) is 37.7 Å². The van der Waals surface area contributed by atoms with Crippen molar-refractivity contribution < 1.29 is 37.3 Å². The van der Waals surface area contributed by atoms with Crippen molar-refractivity contribution in [3.63, 3.8) is 0 Å². The van der Waals surface area contributed by atoms with Crippen LogP contribution >= 0.6 is 0 Å². The highest BCUT2D eigenvalue weighted by molar-refractivity contribution is 6.02. The van der Waals surface area contributed by atoms with Gasteiger partial charge in [0.25, 0.3) is 0 Å². The second-order valence-electron chi connectivity index (χ2n) is 14.9. The third-order valence-corrected chi connectivity index (χ3v) is 11.1. The maximum atomic E-state index is 17.2. The van der Waals surface area contributed by atoms with Gasteiger partial charge in [-0.15, -0.1) is 0 Å². The lowest BCUT2D eigenvalue weighted by atomic mass is 9.94. The van der Waals surface area contributed by atoms with Gasteiger partial charge in [0.15, 0.2) is 5.82 Å². The fraction of sp³-hybridized carbons (Fsp3) is 0.526. The summed E-state index contributed by atoms with van der Waals surface area (Å²) in [7, 11) is 0. The molecule has 2 bridgehead atoms. The first kappa shape index (κ1) is 33.9. The van der Waals surface area contributed by atoms with Gasteiger partial charge in [-0.05, 0) is 92.9 Å². The van der Waals surface area contributed by atoms with Crippen molar-refractivity contribution >= 4 is 33.6 Å². The molecular weight excluding hydrogens is 663 g/mol. The maximum absolute atomic E-state index is 17.2. The van der Waals surface area contributed by atoms with Gasteiger partial charge in [0.1, 0.15) is 41.4 Å². The second-order valence-corrected chi connectivity index (χ2v) is 14.9. The Labute approximate surface area is 293 Å². The fourth-order valence-corrected chi connectivity index (χ4v) is 8.96. The molecule has 10 nitrogen and oxygen atoms in total. The number of aryl methyl sites for hydroxylation is 1. The van der Waals surface area contributed by atoms with Crippen LogP contribution in [0.15, 0.2) is 30.5 Å². The van der Waals surface area contributed by atoms with E-state index in [2.05, 4.69) is 19.8 Å². The van der Waals surface area contributed by atoms with Crippen molar-refractivity contribution in [1.29, 1.82) is 0 Å². The number of carbonyl (C=O) groups is 1. The van der Waals surface area contributed by atoms with Gasteiger partial charge in [0.2, 0.25) is 0 Å². The zero-order valence-corrected chi connectivity index (χ0v) is 29.0. The summed E-state index contributed by atoms with van der Waals surface area (Å²) in [5.41, 5.74) is -0.0417. The van der Waals surface area contributed by atoms with E-state index in [-0.39, 0.29) is 47.0 Å². The first-order chi connectivity index (χ1) is 24.5. The van der Waals surface area contributed by atoms with Crippen LogP contribution in [0.5, 0.6) is 11.8 Å². The summed E-state index contributed by atoms with van der Waals surface area (Å²) in [4.78, 5) is 30.7. The summed E-state index contributed by atoms with van der Waals surface area (Å²) in [6.07, 6.45) is 2.80. The standard InChI is InChI=1S/C38H42F3N5O5/c1-4-26-29(40)7-6-22-12-25(51-37(48)50-20(2)3)13-27(31(22)26)33-32(41)34-28(15-42-33)35(45-16-21-10-23(17-45)30(47)11-21)44-36(43-34)49-19-38-8-5-9-46(38)18-24(39)14-38/h6-7,12-13,15,20-21,23-24,30,47H,4-5,8-11,14,16-19H2,1-3H3/t21-,23-,24-,30-,38+/m1/s1. The van der Waals surface area contributed by atoms with E-state index in [1.165, 1.54) is 18.3 Å². The summed E-state index contributed by atoms with van der Waals surface area (Å²) in [5.74, 6) is -0.386. The summed E-state index contributed by atoms with van der Waals surface area (Å²) in [6.45, 7) is 7.67. The highest BCUT2D eigenvalue weighted by Crippen LogP contribution is 2.44. The Morgan fingerprint density at radius 1 is 1.14 bits per heavy atom. The molecule has 51 heavy (non-hydrogen) atoms. The number of piperidine rings is 1. The Kier molecular flexibility index (Phi) is 8.69. The third-order valence-electron chi connectivity index (χ3n) is 11.1. The molecule has 1 saturated carbocycles. The van der Waals surface area contributed by atoms with E-state index < -0.39 is 41.7 Å². The number of aromatic nitrogens is 3. The van der Waals surface area contributed by atoms with Crippen LogP contribution in [-0.2, 0) is 11.2 Å². The van der Waals surface area contributed by atoms with E-state index >= 15 is 8.78 Å². The molecule has 3 saturated heterocycles. The molecule has 2 aromatic carbocycles. The Hall–Kier alpha value is -4.23. The van der Waals surface area contributed by atoms with Gasteiger partial charge in [-0.25, -0.2) is 18.0 Å². The smallest absolute Gasteiger partial charge is 0.461 e. The number of halogens is 3. The largest absolute Gasteiger partial charge is 0.514 e. The molecule has 4 aliphatic rings. The predicted octanol–water partition coefficient (Wildman–Crippen LogP) is 6.77. The topological polar surface area (TPSA) is 110 Å². The van der Waals surface area contributed by atoms with Gasteiger partial charge in [-0.1, -0.05) is 13.0 Å². The van der Waals surface area contributed by atoms with Crippen LogP contribution in [-0.4, -0.2) is 87.8 Å². The monoisotopic (exact) mass is 705 g/mol. The van der Waals surface area contributed by atoms with Gasteiger partial charge in [0.05, 0.1) is 23.1 Å². The van der Waals surface area contributed by atoms with Crippen molar-refractivity contribution in [3.8, 4) is 23.0 Å². The minimum absolute atomic E-state index is 0.0331. The van der Waals surface area contributed by atoms with Crippen molar-refractivity contribution in [1.82, 2.24) is 19.9 Å². The molecule has 3 aliphatic heterocycles. The minimum atomic E-state index is -0.942. The van der Waals surface area contributed by atoms with Crippen molar-refractivity contribution in [2.24, 2.45) is 11.8 Å². The van der Waals surface area contributed by atoms with Crippen molar-refractivity contribution in [2.45, 2.75) is 83.2 Å². The van der Waals surface area contributed by atoms with E-state index in [1.54, 1.807) is 26.0 Å². The van der Waals surface area contributed by atoms with Gasteiger partial charge in [0, 0.05) is 43.7 Å².